The summed E-state index contributed by atoms with van der Waals surface area (Å²) in [6, 6.07) is 10.8. The zero-order valence-electron chi connectivity index (χ0n) is 20.2. The van der Waals surface area contributed by atoms with Crippen molar-refractivity contribution in [3.8, 4) is 17.2 Å². The summed E-state index contributed by atoms with van der Waals surface area (Å²) in [6.45, 7) is 1.12. The second-order valence-electron chi connectivity index (χ2n) is 7.47. The molecular formula is C23H31N3O7S. The van der Waals surface area contributed by atoms with Crippen molar-refractivity contribution < 1.29 is 32.2 Å². The van der Waals surface area contributed by atoms with Crippen molar-refractivity contribution in [3.05, 3.63) is 48.0 Å². The quantitative estimate of drug-likeness (QED) is 0.506. The first-order valence-corrected chi connectivity index (χ1v) is 12.2. The summed E-state index contributed by atoms with van der Waals surface area (Å²) >= 11 is 0. The van der Waals surface area contributed by atoms with Crippen LogP contribution in [0.15, 0.2) is 42.5 Å². The molecular weight excluding hydrogens is 462 g/mol. The number of hydrogen-bond acceptors (Lipinski definition) is 7. The third-order valence-electron chi connectivity index (χ3n) is 5.24. The summed E-state index contributed by atoms with van der Waals surface area (Å²) in [7, 11) is 1.98. The first-order chi connectivity index (χ1) is 16.0. The molecule has 0 aliphatic carbocycles. The number of nitrogens with zero attached hydrogens (tertiary/aromatic N) is 2. The molecule has 0 spiro atoms. The molecule has 2 aromatic carbocycles. The first kappa shape index (κ1) is 26.8. The number of ether oxygens (including phenoxy) is 3. The molecule has 2 amide bonds. The van der Waals surface area contributed by atoms with Gasteiger partial charge in [-0.3, -0.25) is 13.9 Å². The number of benzene rings is 2. The van der Waals surface area contributed by atoms with Gasteiger partial charge in [0.2, 0.25) is 21.8 Å². The number of sulfonamides is 1. The predicted octanol–water partition coefficient (Wildman–Crippen LogP) is 1.64. The van der Waals surface area contributed by atoms with Crippen molar-refractivity contribution in [2.24, 2.45) is 0 Å². The topological polar surface area (TPSA) is 114 Å². The molecule has 1 N–H and O–H groups in total. The van der Waals surface area contributed by atoms with Gasteiger partial charge in [-0.05, 0) is 36.8 Å². The smallest absolute Gasteiger partial charge is 0.244 e. The molecule has 0 saturated carbocycles. The van der Waals surface area contributed by atoms with Crippen molar-refractivity contribution in [1.82, 2.24) is 10.2 Å². The van der Waals surface area contributed by atoms with Crippen molar-refractivity contribution in [2.45, 2.75) is 19.5 Å². The van der Waals surface area contributed by atoms with Gasteiger partial charge in [0.05, 0.1) is 33.3 Å². The van der Waals surface area contributed by atoms with Crippen molar-refractivity contribution in [1.29, 1.82) is 0 Å². The monoisotopic (exact) mass is 493 g/mol. The maximum atomic E-state index is 13.5. The van der Waals surface area contributed by atoms with E-state index in [0.29, 0.717) is 11.5 Å². The van der Waals surface area contributed by atoms with Gasteiger partial charge in [0.1, 0.15) is 29.8 Å². The normalized spacial score (nSPS) is 11.8. The summed E-state index contributed by atoms with van der Waals surface area (Å²) < 4.78 is 42.1. The Kier molecular flexibility index (Phi) is 9.13. The molecule has 0 fully saturated rings. The fourth-order valence-electron chi connectivity index (χ4n) is 3.34. The van der Waals surface area contributed by atoms with E-state index in [9.17, 15) is 18.0 Å². The van der Waals surface area contributed by atoms with E-state index >= 15 is 0 Å². The highest BCUT2D eigenvalue weighted by atomic mass is 32.2. The number of methoxy groups -OCH3 is 3. The number of rotatable bonds is 11. The molecule has 34 heavy (non-hydrogen) atoms. The SMILES string of the molecule is CNC(=O)C(C)N(Cc1cccc(OC)c1)C(=O)CN(c1ccc(OC)cc1OC)S(C)(=O)=O. The Morgan fingerprint density at radius 2 is 1.65 bits per heavy atom. The van der Waals surface area contributed by atoms with Crippen LogP contribution in [0.25, 0.3) is 0 Å². The second-order valence-corrected chi connectivity index (χ2v) is 9.38. The number of likely N-dealkylation sites (N-methyl/N-ethyl adjacent to an activating group) is 1. The lowest BCUT2D eigenvalue weighted by Gasteiger charge is -2.31. The number of carbonyl (C=O) groups is 2. The van der Waals surface area contributed by atoms with Crippen LogP contribution in [0.2, 0.25) is 0 Å². The Balaban J connectivity index is 2.46. The third kappa shape index (κ3) is 6.53. The maximum absolute atomic E-state index is 13.5. The van der Waals surface area contributed by atoms with Crippen molar-refractivity contribution in [3.63, 3.8) is 0 Å². The molecule has 0 saturated heterocycles. The van der Waals surface area contributed by atoms with E-state index in [1.807, 2.05) is 0 Å². The lowest BCUT2D eigenvalue weighted by Crippen LogP contribution is -2.50. The Bertz CT molecular complexity index is 1120. The highest BCUT2D eigenvalue weighted by Gasteiger charge is 2.31. The molecule has 11 heteroatoms. The molecule has 2 aromatic rings. The zero-order valence-corrected chi connectivity index (χ0v) is 21.0. The first-order valence-electron chi connectivity index (χ1n) is 10.4. The summed E-state index contributed by atoms with van der Waals surface area (Å²) in [5.41, 5.74) is 0.893. The minimum Gasteiger partial charge on any atom is -0.497 e. The molecule has 0 heterocycles. The highest BCUT2D eigenvalue weighted by Crippen LogP contribution is 2.33. The average molecular weight is 494 g/mol. The van der Waals surface area contributed by atoms with E-state index in [-0.39, 0.29) is 23.9 Å². The van der Waals surface area contributed by atoms with Gasteiger partial charge in [0, 0.05) is 19.7 Å². The van der Waals surface area contributed by atoms with Crippen LogP contribution in [-0.4, -0.2) is 72.4 Å². The van der Waals surface area contributed by atoms with Gasteiger partial charge in [0.15, 0.2) is 0 Å². The number of carbonyl (C=O) groups excluding carboxylic acids is 2. The standard InChI is InChI=1S/C23H31N3O7S/c1-16(23(28)24-2)25(14-17-8-7-9-18(12-17)31-3)22(27)15-26(34(6,29)30)20-11-10-19(32-4)13-21(20)33-5/h7-13,16H,14-15H2,1-6H3,(H,24,28). The molecule has 0 aliphatic rings. The summed E-state index contributed by atoms with van der Waals surface area (Å²) in [5.74, 6) is 0.328. The molecule has 186 valence electrons. The Morgan fingerprint density at radius 1 is 1.00 bits per heavy atom. The summed E-state index contributed by atoms with van der Waals surface area (Å²) in [5, 5.41) is 2.53. The van der Waals surface area contributed by atoms with E-state index in [1.54, 1.807) is 37.3 Å². The lowest BCUT2D eigenvalue weighted by atomic mass is 10.1. The van der Waals surface area contributed by atoms with E-state index in [2.05, 4.69) is 5.32 Å². The maximum Gasteiger partial charge on any atom is 0.244 e. The molecule has 2 rings (SSSR count). The van der Waals surface area contributed by atoms with Crippen molar-refractivity contribution >= 4 is 27.5 Å². The van der Waals surface area contributed by atoms with E-state index in [4.69, 9.17) is 14.2 Å². The van der Waals surface area contributed by atoms with Crippen molar-refractivity contribution in [2.75, 3.05) is 45.5 Å². The second kappa shape index (κ2) is 11.6. The number of amides is 2. The molecule has 0 aliphatic heterocycles. The summed E-state index contributed by atoms with van der Waals surface area (Å²) in [4.78, 5) is 27.2. The fourth-order valence-corrected chi connectivity index (χ4v) is 4.20. The Labute approximate surface area is 200 Å². The number of anilines is 1. The third-order valence-corrected chi connectivity index (χ3v) is 6.36. The van der Waals surface area contributed by atoms with Gasteiger partial charge in [-0.2, -0.15) is 0 Å². The van der Waals surface area contributed by atoms with Gasteiger partial charge in [-0.15, -0.1) is 0 Å². The zero-order chi connectivity index (χ0) is 25.5. The predicted molar refractivity (Wildman–Crippen MR) is 129 cm³/mol. The van der Waals surface area contributed by atoms with E-state index in [0.717, 1.165) is 16.1 Å². The van der Waals surface area contributed by atoms with Crippen LogP contribution in [-0.2, 0) is 26.2 Å². The van der Waals surface area contributed by atoms with E-state index < -0.39 is 28.5 Å². The van der Waals surface area contributed by atoms with Crippen LogP contribution in [0.1, 0.15) is 12.5 Å². The lowest BCUT2D eigenvalue weighted by molar-refractivity contribution is -0.139. The van der Waals surface area contributed by atoms with Crippen LogP contribution < -0.4 is 23.8 Å². The molecule has 1 unspecified atom stereocenters. The van der Waals surface area contributed by atoms with Crippen LogP contribution in [0.3, 0.4) is 0 Å². The molecule has 0 radical (unpaired) electrons. The van der Waals surface area contributed by atoms with Crippen LogP contribution in [0.5, 0.6) is 17.2 Å². The minimum atomic E-state index is -3.89. The van der Waals surface area contributed by atoms with E-state index in [1.165, 1.54) is 45.4 Å². The molecule has 0 aromatic heterocycles. The Morgan fingerprint density at radius 3 is 2.21 bits per heavy atom. The molecule has 10 nitrogen and oxygen atoms in total. The van der Waals surface area contributed by atoms with Gasteiger partial charge in [-0.1, -0.05) is 12.1 Å². The fraction of sp³-hybridized carbons (Fsp3) is 0.391. The van der Waals surface area contributed by atoms with Gasteiger partial charge in [0.25, 0.3) is 0 Å². The Hall–Kier alpha value is -3.47. The van der Waals surface area contributed by atoms with Crippen LogP contribution in [0.4, 0.5) is 5.69 Å². The summed E-state index contributed by atoms with van der Waals surface area (Å²) in [6.07, 6.45) is 0.999. The van der Waals surface area contributed by atoms with Gasteiger partial charge in [-0.25, -0.2) is 8.42 Å². The van der Waals surface area contributed by atoms with Gasteiger partial charge < -0.3 is 24.4 Å². The highest BCUT2D eigenvalue weighted by molar-refractivity contribution is 7.92. The molecule has 0 bridgehead atoms. The largest absolute Gasteiger partial charge is 0.497 e. The number of nitrogens with one attached hydrogen (secondary N) is 1. The van der Waals surface area contributed by atoms with Crippen LogP contribution in [0, 0.1) is 0 Å². The molecule has 1 atom stereocenters. The van der Waals surface area contributed by atoms with Crippen LogP contribution >= 0.6 is 0 Å². The number of hydrogen-bond donors (Lipinski definition) is 1. The minimum absolute atomic E-state index is 0.0714. The average Bonchev–Trinajstić information content (AvgIpc) is 2.83. The van der Waals surface area contributed by atoms with Gasteiger partial charge >= 0.3 is 0 Å².